The molecule has 0 N–H and O–H groups in total. The molecule has 6 heteroatoms. The average Bonchev–Trinajstić information content (AvgIpc) is 2.43. The third kappa shape index (κ3) is 3.82. The van der Waals surface area contributed by atoms with E-state index in [-0.39, 0.29) is 18.3 Å². The summed E-state index contributed by atoms with van der Waals surface area (Å²) in [5, 5.41) is 9.99. The summed E-state index contributed by atoms with van der Waals surface area (Å²) in [5.74, 6) is -0.125. The molecule has 1 aliphatic rings. The van der Waals surface area contributed by atoms with Gasteiger partial charge in [0.2, 0.25) is 0 Å². The molecule has 0 aromatic heterocycles. The molecule has 1 aromatic rings. The van der Waals surface area contributed by atoms with Crippen LogP contribution in [0.15, 0.2) is 29.4 Å². The molecule has 22 heavy (non-hydrogen) atoms. The van der Waals surface area contributed by atoms with Crippen molar-refractivity contribution in [1.29, 1.82) is 5.26 Å². The van der Waals surface area contributed by atoms with Crippen molar-refractivity contribution < 1.29 is 14.3 Å². The molecule has 1 aliphatic heterocycles. The highest BCUT2D eigenvalue weighted by Gasteiger charge is 2.18. The molecule has 4 nitrogen and oxygen atoms in total. The summed E-state index contributed by atoms with van der Waals surface area (Å²) < 4.78 is 10.6. The Morgan fingerprint density at radius 1 is 1.45 bits per heavy atom. The van der Waals surface area contributed by atoms with Crippen molar-refractivity contribution in [2.45, 2.75) is 20.0 Å². The summed E-state index contributed by atoms with van der Waals surface area (Å²) in [6.45, 7) is 3.64. The predicted molar refractivity (Wildman–Crippen MR) is 84.9 cm³/mol. The first-order chi connectivity index (χ1) is 10.4. The lowest BCUT2D eigenvalue weighted by atomic mass is 10.1. The van der Waals surface area contributed by atoms with Gasteiger partial charge in [-0.1, -0.05) is 23.2 Å². The second-order valence-corrected chi connectivity index (χ2v) is 5.78. The van der Waals surface area contributed by atoms with E-state index >= 15 is 0 Å². The largest absolute Gasteiger partial charge is 0.487 e. The van der Waals surface area contributed by atoms with Gasteiger partial charge in [0, 0.05) is 10.6 Å². The maximum atomic E-state index is 11.8. The van der Waals surface area contributed by atoms with E-state index in [1.165, 1.54) is 6.08 Å². The minimum Gasteiger partial charge on any atom is -0.487 e. The molecule has 114 valence electrons. The fourth-order valence-corrected chi connectivity index (χ4v) is 2.48. The molecule has 0 fully saturated rings. The minimum absolute atomic E-state index is 0.0832. The van der Waals surface area contributed by atoms with E-state index in [0.717, 1.165) is 0 Å². The number of hydrogen-bond donors (Lipinski definition) is 0. The molecule has 0 saturated heterocycles. The van der Waals surface area contributed by atoms with E-state index < -0.39 is 5.97 Å². The predicted octanol–water partition coefficient (Wildman–Crippen LogP) is 4.17. The second-order valence-electron chi connectivity index (χ2n) is 4.94. The summed E-state index contributed by atoms with van der Waals surface area (Å²) >= 11 is 12.0. The highest BCUT2D eigenvalue weighted by molar-refractivity contribution is 6.36. The van der Waals surface area contributed by atoms with Gasteiger partial charge in [-0.25, -0.2) is 4.79 Å². The van der Waals surface area contributed by atoms with E-state index in [2.05, 4.69) is 0 Å². The van der Waals surface area contributed by atoms with Gasteiger partial charge in [0.05, 0.1) is 11.1 Å². The summed E-state index contributed by atoms with van der Waals surface area (Å²) in [6, 6.07) is 5.14. The van der Waals surface area contributed by atoms with Crippen LogP contribution in [0.3, 0.4) is 0 Å². The maximum Gasteiger partial charge on any atom is 0.349 e. The van der Waals surface area contributed by atoms with Crippen molar-refractivity contribution in [2.24, 2.45) is 0 Å². The lowest BCUT2D eigenvalue weighted by Gasteiger charge is -2.18. The highest BCUT2D eigenvalue weighted by Crippen LogP contribution is 2.36. The van der Waals surface area contributed by atoms with Gasteiger partial charge in [0.25, 0.3) is 0 Å². The Hall–Kier alpha value is -1.96. The Balaban J connectivity index is 2.33. The fourth-order valence-electron chi connectivity index (χ4n) is 1.92. The molecule has 0 atom stereocenters. The first kappa shape index (κ1) is 16.4. The minimum atomic E-state index is -0.659. The number of nitrogens with zero attached hydrogens (tertiary/aromatic N) is 1. The van der Waals surface area contributed by atoms with Gasteiger partial charge in [-0.2, -0.15) is 5.26 Å². The van der Waals surface area contributed by atoms with E-state index in [1.54, 1.807) is 32.1 Å². The Labute approximate surface area is 138 Å². The zero-order valence-corrected chi connectivity index (χ0v) is 13.5. The summed E-state index contributed by atoms with van der Waals surface area (Å²) in [6.07, 6.45) is 2.93. The van der Waals surface area contributed by atoms with Crippen LogP contribution in [-0.2, 0) is 9.53 Å². The van der Waals surface area contributed by atoms with Crippen molar-refractivity contribution in [1.82, 2.24) is 0 Å². The first-order valence-corrected chi connectivity index (χ1v) is 7.31. The fraction of sp³-hybridized carbons (Fsp3) is 0.250. The van der Waals surface area contributed by atoms with E-state index in [0.29, 0.717) is 26.9 Å². The number of halogens is 2. The quantitative estimate of drug-likeness (QED) is 0.471. The summed E-state index contributed by atoms with van der Waals surface area (Å²) in [4.78, 5) is 11.8. The molecular weight excluding hydrogens is 325 g/mol. The van der Waals surface area contributed by atoms with Gasteiger partial charge >= 0.3 is 5.97 Å². The van der Waals surface area contributed by atoms with E-state index in [1.807, 2.05) is 6.07 Å². The smallest absolute Gasteiger partial charge is 0.349 e. The van der Waals surface area contributed by atoms with Gasteiger partial charge in [0.1, 0.15) is 24.0 Å². The van der Waals surface area contributed by atoms with Gasteiger partial charge in [-0.05, 0) is 43.7 Å². The Morgan fingerprint density at radius 3 is 2.82 bits per heavy atom. The summed E-state index contributed by atoms with van der Waals surface area (Å²) in [7, 11) is 0. The normalized spacial score (nSPS) is 13.8. The van der Waals surface area contributed by atoms with Crippen LogP contribution in [0, 0.1) is 11.3 Å². The topological polar surface area (TPSA) is 59.3 Å². The first-order valence-electron chi connectivity index (χ1n) is 6.56. The molecule has 1 aromatic carbocycles. The number of esters is 1. The van der Waals surface area contributed by atoms with Gasteiger partial charge in [-0.3, -0.25) is 0 Å². The van der Waals surface area contributed by atoms with Gasteiger partial charge in [0.15, 0.2) is 0 Å². The van der Waals surface area contributed by atoms with Gasteiger partial charge < -0.3 is 9.47 Å². The average molecular weight is 338 g/mol. The van der Waals surface area contributed by atoms with Crippen molar-refractivity contribution in [3.63, 3.8) is 0 Å². The zero-order valence-electron chi connectivity index (χ0n) is 12.0. The molecule has 0 saturated carbocycles. The van der Waals surface area contributed by atoms with Crippen molar-refractivity contribution in [3.05, 3.63) is 45.0 Å². The van der Waals surface area contributed by atoms with Crippen LogP contribution in [0.1, 0.15) is 19.4 Å². The molecule has 0 aliphatic carbocycles. The molecule has 0 amide bonds. The molecule has 0 bridgehead atoms. The Kier molecular flexibility index (Phi) is 5.12. The van der Waals surface area contributed by atoms with Crippen LogP contribution in [0.2, 0.25) is 10.0 Å². The molecular formula is C16H13Cl2NO3. The number of fused-ring (bicyclic) bond motifs is 1. The number of benzene rings is 1. The lowest BCUT2D eigenvalue weighted by Crippen LogP contribution is -2.14. The SMILES string of the molecule is CC(C)OC(=O)C(C#N)=CC1=Cc2cc(Cl)cc(Cl)c2OC1. The van der Waals surface area contributed by atoms with E-state index in [4.69, 9.17) is 37.9 Å². The highest BCUT2D eigenvalue weighted by atomic mass is 35.5. The number of hydrogen-bond acceptors (Lipinski definition) is 4. The van der Waals surface area contributed by atoms with Crippen molar-refractivity contribution in [3.8, 4) is 11.8 Å². The van der Waals surface area contributed by atoms with Crippen molar-refractivity contribution in [2.75, 3.05) is 6.61 Å². The number of carbonyl (C=O) groups excluding carboxylic acids is 1. The van der Waals surface area contributed by atoms with Crippen LogP contribution in [0.4, 0.5) is 0 Å². The zero-order chi connectivity index (χ0) is 16.3. The van der Waals surface area contributed by atoms with E-state index in [9.17, 15) is 4.79 Å². The summed E-state index contributed by atoms with van der Waals surface area (Å²) in [5.41, 5.74) is 1.27. The number of rotatable bonds is 3. The molecule has 1 heterocycles. The molecule has 2 rings (SSSR count). The monoisotopic (exact) mass is 337 g/mol. The molecule has 0 radical (unpaired) electrons. The maximum absolute atomic E-state index is 11.8. The second kappa shape index (κ2) is 6.87. The van der Waals surface area contributed by atoms with Crippen LogP contribution in [-0.4, -0.2) is 18.7 Å². The molecule has 0 unspecified atom stereocenters. The number of nitriles is 1. The van der Waals surface area contributed by atoms with Crippen LogP contribution < -0.4 is 4.74 Å². The van der Waals surface area contributed by atoms with Crippen molar-refractivity contribution >= 4 is 35.2 Å². The van der Waals surface area contributed by atoms with Crippen LogP contribution in [0.5, 0.6) is 5.75 Å². The Bertz CT molecular complexity index is 715. The third-order valence-electron chi connectivity index (χ3n) is 2.77. The molecule has 0 spiro atoms. The third-order valence-corrected chi connectivity index (χ3v) is 3.27. The van der Waals surface area contributed by atoms with Crippen LogP contribution >= 0.6 is 23.2 Å². The standard InChI is InChI=1S/C16H13Cl2NO3/c1-9(2)22-16(20)12(7-19)4-10-3-11-5-13(17)6-14(18)15(11)21-8-10/h3-6,9H,8H2,1-2H3. The number of ether oxygens (including phenoxy) is 2. The van der Waals surface area contributed by atoms with Crippen LogP contribution in [0.25, 0.3) is 6.08 Å². The number of carbonyl (C=O) groups is 1. The Morgan fingerprint density at radius 2 is 2.18 bits per heavy atom. The lowest BCUT2D eigenvalue weighted by molar-refractivity contribution is -0.142. The van der Waals surface area contributed by atoms with Gasteiger partial charge in [-0.15, -0.1) is 0 Å².